The van der Waals surface area contributed by atoms with Crippen LogP contribution in [0.2, 0.25) is 5.02 Å². The Kier molecular flexibility index (Phi) is 4.29. The number of aryl methyl sites for hydroxylation is 1. The molecule has 0 saturated carbocycles. The third-order valence-electron chi connectivity index (χ3n) is 7.91. The van der Waals surface area contributed by atoms with Crippen molar-refractivity contribution in [1.82, 2.24) is 4.90 Å². The summed E-state index contributed by atoms with van der Waals surface area (Å²) in [4.78, 5) is 55.6. The lowest BCUT2D eigenvalue weighted by Gasteiger charge is -2.37. The van der Waals surface area contributed by atoms with E-state index in [1.807, 2.05) is 17.9 Å². The van der Waals surface area contributed by atoms with Crippen molar-refractivity contribution in [3.05, 3.63) is 62.2 Å². The van der Waals surface area contributed by atoms with Crippen molar-refractivity contribution in [3.63, 3.8) is 0 Å². The van der Waals surface area contributed by atoms with Crippen LogP contribution in [0, 0.1) is 35.8 Å². The van der Waals surface area contributed by atoms with E-state index < -0.39 is 34.1 Å². The zero-order valence-electron chi connectivity index (χ0n) is 18.5. The van der Waals surface area contributed by atoms with Crippen molar-refractivity contribution >= 4 is 46.4 Å². The molecule has 0 aliphatic carbocycles. The lowest BCUT2D eigenvalue weighted by atomic mass is 9.75. The first-order valence-electron chi connectivity index (χ1n) is 11.2. The van der Waals surface area contributed by atoms with E-state index in [0.29, 0.717) is 29.2 Å². The predicted octanol–water partition coefficient (Wildman–Crippen LogP) is 3.30. The number of carbonyl (C=O) groups excluding carboxylic acids is 3. The molecule has 0 radical (unpaired) electrons. The third kappa shape index (κ3) is 2.35. The minimum absolute atomic E-state index is 0.168. The Bertz CT molecular complexity index is 1340. The monoisotopic (exact) mass is 480 g/mol. The number of imide groups is 1. The molecule has 4 aliphatic rings. The van der Waals surface area contributed by atoms with Crippen LogP contribution in [0.5, 0.6) is 0 Å². The number of fused-ring (bicyclic) bond motifs is 7. The number of carbonyl (C=O) groups is 3. The van der Waals surface area contributed by atoms with Gasteiger partial charge in [0, 0.05) is 17.7 Å². The summed E-state index contributed by atoms with van der Waals surface area (Å²) in [6, 6.07) is 7.71. The highest BCUT2D eigenvalue weighted by Gasteiger charge is 2.75. The molecule has 174 valence electrons. The Hall–Kier alpha value is -3.30. The van der Waals surface area contributed by atoms with Crippen molar-refractivity contribution in [2.24, 2.45) is 11.8 Å². The van der Waals surface area contributed by atoms with Crippen LogP contribution in [0.15, 0.2) is 30.3 Å². The van der Waals surface area contributed by atoms with Gasteiger partial charge in [0.15, 0.2) is 0 Å². The van der Waals surface area contributed by atoms with Crippen LogP contribution in [-0.2, 0) is 19.9 Å². The van der Waals surface area contributed by atoms with Gasteiger partial charge in [-0.2, -0.15) is 0 Å². The first-order valence-corrected chi connectivity index (χ1v) is 11.6. The van der Waals surface area contributed by atoms with Gasteiger partial charge in [-0.3, -0.25) is 29.4 Å². The summed E-state index contributed by atoms with van der Waals surface area (Å²) >= 11 is 6.49. The molecule has 0 bridgehead atoms. The van der Waals surface area contributed by atoms with Crippen LogP contribution < -0.4 is 10.2 Å². The molecule has 4 aliphatic heterocycles. The minimum Gasteiger partial charge on any atom is -0.323 e. The van der Waals surface area contributed by atoms with E-state index in [-0.39, 0.29) is 28.9 Å². The van der Waals surface area contributed by atoms with Gasteiger partial charge in [0.25, 0.3) is 11.6 Å². The third-order valence-corrected chi connectivity index (χ3v) is 8.21. The number of hydrogen-bond donors (Lipinski definition) is 1. The van der Waals surface area contributed by atoms with Crippen LogP contribution in [-0.4, -0.2) is 40.1 Å². The molecule has 34 heavy (non-hydrogen) atoms. The maximum Gasteiger partial charge on any atom is 0.274 e. The topological polar surface area (TPSA) is 113 Å². The van der Waals surface area contributed by atoms with E-state index >= 15 is 0 Å². The Balaban J connectivity index is 1.57. The van der Waals surface area contributed by atoms with Gasteiger partial charge in [0.05, 0.1) is 38.7 Å². The average Bonchev–Trinajstić information content (AvgIpc) is 3.48. The molecular formula is C24H21ClN4O5. The largest absolute Gasteiger partial charge is 0.323 e. The highest BCUT2D eigenvalue weighted by Crippen LogP contribution is 2.61. The molecule has 4 atom stereocenters. The molecule has 9 nitrogen and oxygen atoms in total. The first kappa shape index (κ1) is 21.2. The number of halogens is 1. The Morgan fingerprint density at radius 2 is 1.94 bits per heavy atom. The summed E-state index contributed by atoms with van der Waals surface area (Å²) < 4.78 is 0. The van der Waals surface area contributed by atoms with E-state index in [9.17, 15) is 24.5 Å². The fraction of sp³-hybridized carbons (Fsp3) is 0.375. The molecule has 1 spiro atoms. The number of nitro groups is 1. The lowest BCUT2D eigenvalue weighted by Crippen LogP contribution is -2.54. The fourth-order valence-electron chi connectivity index (χ4n) is 6.68. The molecule has 3 fully saturated rings. The van der Waals surface area contributed by atoms with Crippen molar-refractivity contribution < 1.29 is 19.3 Å². The quantitative estimate of drug-likeness (QED) is 0.401. The standard InChI is InChI=1S/C24H21ClN4O5/c1-11-9-13-20(14(25)10-11)26-23(32)24(13)19-18(17-7-4-8-27(17)24)21(30)28(22(19)31)15-5-3-6-16(12(15)2)29(33)34/h3,5-6,9-10,17-19H,4,7-8H2,1-2H3,(H,26,32)/t17-,18+,19-,24-/m0/s1. The van der Waals surface area contributed by atoms with Gasteiger partial charge in [-0.15, -0.1) is 0 Å². The average molecular weight is 481 g/mol. The number of nitro benzene ring substituents is 1. The summed E-state index contributed by atoms with van der Waals surface area (Å²) in [5.74, 6) is -2.93. The fourth-order valence-corrected chi connectivity index (χ4v) is 7.01. The zero-order chi connectivity index (χ0) is 24.1. The van der Waals surface area contributed by atoms with Crippen LogP contribution >= 0.6 is 11.6 Å². The van der Waals surface area contributed by atoms with Gasteiger partial charge >= 0.3 is 0 Å². The van der Waals surface area contributed by atoms with E-state index in [1.165, 1.54) is 19.1 Å². The summed E-state index contributed by atoms with van der Waals surface area (Å²) in [6.45, 7) is 3.99. The Morgan fingerprint density at radius 3 is 2.68 bits per heavy atom. The number of amides is 3. The predicted molar refractivity (Wildman–Crippen MR) is 124 cm³/mol. The van der Waals surface area contributed by atoms with Gasteiger partial charge in [0.2, 0.25) is 11.8 Å². The molecule has 2 aromatic carbocycles. The smallest absolute Gasteiger partial charge is 0.274 e. The number of nitrogens with zero attached hydrogens (tertiary/aromatic N) is 3. The van der Waals surface area contributed by atoms with Crippen molar-refractivity contribution in [2.45, 2.75) is 38.3 Å². The first-order chi connectivity index (χ1) is 16.2. The van der Waals surface area contributed by atoms with Gasteiger partial charge in [-0.1, -0.05) is 23.7 Å². The number of nitrogens with one attached hydrogen (secondary N) is 1. The molecule has 10 heteroatoms. The number of hydrogen-bond acceptors (Lipinski definition) is 6. The van der Waals surface area contributed by atoms with Crippen molar-refractivity contribution in [3.8, 4) is 0 Å². The molecule has 6 rings (SSSR count). The highest BCUT2D eigenvalue weighted by atomic mass is 35.5. The number of rotatable bonds is 2. The second-order valence-corrected chi connectivity index (χ2v) is 9.89. The second kappa shape index (κ2) is 6.86. The highest BCUT2D eigenvalue weighted by molar-refractivity contribution is 6.35. The maximum absolute atomic E-state index is 14.0. The van der Waals surface area contributed by atoms with Crippen molar-refractivity contribution in [1.29, 1.82) is 0 Å². The van der Waals surface area contributed by atoms with Crippen LogP contribution in [0.1, 0.15) is 29.5 Å². The number of benzene rings is 2. The normalized spacial score (nSPS) is 29.6. The molecule has 1 N–H and O–H groups in total. The van der Waals surface area contributed by atoms with Crippen molar-refractivity contribution in [2.75, 3.05) is 16.8 Å². The summed E-state index contributed by atoms with van der Waals surface area (Å²) in [5, 5.41) is 14.8. The maximum atomic E-state index is 14.0. The molecule has 2 aromatic rings. The lowest BCUT2D eigenvalue weighted by molar-refractivity contribution is -0.385. The summed E-state index contributed by atoms with van der Waals surface area (Å²) in [6.07, 6.45) is 1.49. The molecule has 3 amide bonds. The summed E-state index contributed by atoms with van der Waals surface area (Å²) in [5.41, 5.74) is 0.878. The van der Waals surface area contributed by atoms with E-state index in [1.54, 1.807) is 12.1 Å². The SMILES string of the molecule is Cc1cc(Cl)c2c(c1)[C@@]1(C(=O)N2)[C@@H]2C(=O)N(c3cccc([N+](=O)[O-])c3C)C(=O)[C@@H]2[C@@H]2CCCN21. The Labute approximate surface area is 199 Å². The van der Waals surface area contributed by atoms with Crippen LogP contribution in [0.25, 0.3) is 0 Å². The minimum atomic E-state index is -1.34. The van der Waals surface area contributed by atoms with Gasteiger partial charge in [-0.25, -0.2) is 4.90 Å². The van der Waals surface area contributed by atoms with Gasteiger partial charge in [-0.05, 0) is 50.9 Å². The summed E-state index contributed by atoms with van der Waals surface area (Å²) in [7, 11) is 0. The molecular weight excluding hydrogens is 460 g/mol. The van der Waals surface area contributed by atoms with E-state index in [2.05, 4.69) is 5.32 Å². The van der Waals surface area contributed by atoms with Gasteiger partial charge < -0.3 is 5.32 Å². The Morgan fingerprint density at radius 1 is 1.18 bits per heavy atom. The van der Waals surface area contributed by atoms with Gasteiger partial charge in [0.1, 0.15) is 5.54 Å². The molecule has 4 heterocycles. The van der Waals surface area contributed by atoms with Crippen LogP contribution in [0.3, 0.4) is 0 Å². The van der Waals surface area contributed by atoms with E-state index in [0.717, 1.165) is 16.9 Å². The molecule has 0 aromatic heterocycles. The van der Waals surface area contributed by atoms with E-state index in [4.69, 9.17) is 11.6 Å². The molecule has 3 saturated heterocycles. The second-order valence-electron chi connectivity index (χ2n) is 9.49. The zero-order valence-corrected chi connectivity index (χ0v) is 19.3. The number of anilines is 2. The van der Waals surface area contributed by atoms with Crippen LogP contribution in [0.4, 0.5) is 17.1 Å². The molecule has 0 unspecified atom stereocenters.